The van der Waals surface area contributed by atoms with Crippen LogP contribution in [0.1, 0.15) is 39.0 Å². The number of hydrogen-bond donors (Lipinski definition) is 0. The van der Waals surface area contributed by atoms with Crippen molar-refractivity contribution in [3.05, 3.63) is 65.5 Å². The highest BCUT2D eigenvalue weighted by Crippen LogP contribution is 2.24. The Morgan fingerprint density at radius 2 is 1.83 bits per heavy atom. The van der Waals surface area contributed by atoms with E-state index >= 15 is 0 Å². The molecule has 0 aliphatic rings. The minimum atomic E-state index is -0.764. The Kier molecular flexibility index (Phi) is 7.58. The van der Waals surface area contributed by atoms with Crippen LogP contribution in [0.5, 0.6) is 5.75 Å². The molecule has 0 saturated heterocycles. The van der Waals surface area contributed by atoms with Gasteiger partial charge >= 0.3 is 5.97 Å². The molecule has 0 aliphatic carbocycles. The van der Waals surface area contributed by atoms with E-state index in [4.69, 9.17) is 9.47 Å². The van der Waals surface area contributed by atoms with Gasteiger partial charge in [0.05, 0.1) is 13.2 Å². The highest BCUT2D eigenvalue weighted by molar-refractivity contribution is 6.06. The number of aromatic nitrogens is 1. The van der Waals surface area contributed by atoms with Crippen LogP contribution < -0.4 is 4.74 Å². The van der Waals surface area contributed by atoms with Gasteiger partial charge in [-0.1, -0.05) is 24.3 Å². The molecule has 30 heavy (non-hydrogen) atoms. The molecular weight excluding hydrogens is 384 g/mol. The molecule has 0 radical (unpaired) electrons. The lowest BCUT2D eigenvalue weighted by Crippen LogP contribution is -2.45. The van der Waals surface area contributed by atoms with Crippen LogP contribution in [0.15, 0.2) is 43.0 Å². The summed E-state index contributed by atoms with van der Waals surface area (Å²) in [6.07, 6.45) is 1.56. The lowest BCUT2D eigenvalue weighted by Gasteiger charge is -2.27. The number of benzene rings is 1. The van der Waals surface area contributed by atoms with E-state index in [9.17, 15) is 14.4 Å². The second kappa shape index (κ2) is 9.91. The Hall–Kier alpha value is -3.35. The summed E-state index contributed by atoms with van der Waals surface area (Å²) in [5.74, 6) is -0.536. The number of carbonyl (C=O) groups excluding carboxylic acids is 3. The Labute approximate surface area is 176 Å². The van der Waals surface area contributed by atoms with Gasteiger partial charge in [-0.2, -0.15) is 0 Å². The third kappa shape index (κ3) is 4.62. The maximum Gasteiger partial charge on any atom is 0.354 e. The Morgan fingerprint density at radius 1 is 1.20 bits per heavy atom. The fourth-order valence-electron chi connectivity index (χ4n) is 3.44. The van der Waals surface area contributed by atoms with E-state index in [0.29, 0.717) is 28.3 Å². The highest BCUT2D eigenvalue weighted by atomic mass is 16.5. The molecule has 1 aromatic heterocycles. The Balaban J connectivity index is 2.27. The zero-order valence-corrected chi connectivity index (χ0v) is 18.1. The van der Waals surface area contributed by atoms with Gasteiger partial charge in [0.1, 0.15) is 11.4 Å². The van der Waals surface area contributed by atoms with Crippen molar-refractivity contribution in [3.63, 3.8) is 0 Å². The number of para-hydroxylation sites is 1. The summed E-state index contributed by atoms with van der Waals surface area (Å²) in [5, 5.41) is 0. The molecule has 1 amide bonds. The zero-order valence-electron chi connectivity index (χ0n) is 18.1. The summed E-state index contributed by atoms with van der Waals surface area (Å²) in [7, 11) is 3.00. The number of methoxy groups -OCH3 is 1. The molecule has 0 N–H and O–H groups in total. The largest absolute Gasteiger partial charge is 0.484 e. The summed E-state index contributed by atoms with van der Waals surface area (Å²) in [5.41, 5.74) is 1.90. The Bertz CT molecular complexity index is 946. The third-order valence-corrected chi connectivity index (χ3v) is 5.15. The van der Waals surface area contributed by atoms with E-state index in [1.165, 1.54) is 12.0 Å². The molecule has 2 rings (SSSR count). The maximum atomic E-state index is 13.3. The Morgan fingerprint density at radius 3 is 2.40 bits per heavy atom. The molecule has 1 aromatic carbocycles. The fourth-order valence-corrected chi connectivity index (χ4v) is 3.44. The summed E-state index contributed by atoms with van der Waals surface area (Å²) < 4.78 is 12.0. The van der Waals surface area contributed by atoms with Crippen LogP contribution in [0.25, 0.3) is 0 Å². The van der Waals surface area contributed by atoms with Crippen LogP contribution in [0.4, 0.5) is 0 Å². The van der Waals surface area contributed by atoms with Gasteiger partial charge < -0.3 is 18.9 Å². The van der Waals surface area contributed by atoms with Crippen molar-refractivity contribution in [2.24, 2.45) is 7.05 Å². The van der Waals surface area contributed by atoms with E-state index in [1.807, 2.05) is 18.2 Å². The normalized spacial score (nSPS) is 11.5. The van der Waals surface area contributed by atoms with Gasteiger partial charge in [-0.25, -0.2) is 4.79 Å². The van der Waals surface area contributed by atoms with Crippen LogP contribution >= 0.6 is 0 Å². The first-order chi connectivity index (χ1) is 14.2. The van der Waals surface area contributed by atoms with Crippen molar-refractivity contribution in [2.45, 2.75) is 26.8 Å². The molecule has 160 valence electrons. The second-order valence-electron chi connectivity index (χ2n) is 6.96. The molecule has 0 fully saturated rings. The van der Waals surface area contributed by atoms with Crippen molar-refractivity contribution >= 4 is 17.7 Å². The number of rotatable bonds is 9. The first-order valence-corrected chi connectivity index (χ1v) is 9.61. The van der Waals surface area contributed by atoms with Crippen molar-refractivity contribution in [1.82, 2.24) is 9.47 Å². The van der Waals surface area contributed by atoms with Gasteiger partial charge in [0.25, 0.3) is 5.91 Å². The summed E-state index contributed by atoms with van der Waals surface area (Å²) in [6.45, 7) is 8.82. The lowest BCUT2D eigenvalue weighted by molar-refractivity contribution is -0.134. The van der Waals surface area contributed by atoms with Gasteiger partial charge in [0.2, 0.25) is 0 Å². The van der Waals surface area contributed by atoms with E-state index < -0.39 is 12.0 Å². The number of nitrogens with zero attached hydrogens (tertiary/aromatic N) is 2. The van der Waals surface area contributed by atoms with E-state index in [1.54, 1.807) is 50.6 Å². The smallest absolute Gasteiger partial charge is 0.354 e. The zero-order chi connectivity index (χ0) is 22.4. The van der Waals surface area contributed by atoms with Crippen LogP contribution in [-0.4, -0.2) is 53.4 Å². The standard InChI is InChI=1S/C23H28N2O5/c1-7-13-25(19(26)14-30-18-11-9-8-10-12-18)17(4)22(27)20-15(2)21(23(28)29-6)24(5)16(20)3/h7-12,17H,1,13-14H2,2-6H3/t17-/m1/s1. The summed E-state index contributed by atoms with van der Waals surface area (Å²) in [6, 6.07) is 8.23. The van der Waals surface area contributed by atoms with E-state index in [0.717, 1.165) is 0 Å². The van der Waals surface area contributed by atoms with E-state index in [2.05, 4.69) is 6.58 Å². The topological polar surface area (TPSA) is 77.8 Å². The van der Waals surface area contributed by atoms with Gasteiger partial charge in [-0.3, -0.25) is 9.59 Å². The number of esters is 1. The van der Waals surface area contributed by atoms with Crippen molar-refractivity contribution in [1.29, 1.82) is 0 Å². The highest BCUT2D eigenvalue weighted by Gasteiger charge is 2.32. The second-order valence-corrected chi connectivity index (χ2v) is 6.96. The number of ether oxygens (including phenoxy) is 2. The van der Waals surface area contributed by atoms with Gasteiger partial charge in [0.15, 0.2) is 12.4 Å². The monoisotopic (exact) mass is 412 g/mol. The number of hydrogen-bond acceptors (Lipinski definition) is 5. The molecular formula is C23H28N2O5. The predicted octanol–water partition coefficient (Wildman–Crippen LogP) is 3.09. The van der Waals surface area contributed by atoms with Crippen LogP contribution in [0.3, 0.4) is 0 Å². The lowest BCUT2D eigenvalue weighted by atomic mass is 9.99. The molecule has 2 aromatic rings. The number of ketones is 1. The molecule has 1 atom stereocenters. The van der Waals surface area contributed by atoms with Crippen LogP contribution in [0.2, 0.25) is 0 Å². The quantitative estimate of drug-likeness (QED) is 0.359. The van der Waals surface area contributed by atoms with E-state index in [-0.39, 0.29) is 24.8 Å². The fraction of sp³-hybridized carbons (Fsp3) is 0.348. The van der Waals surface area contributed by atoms with Gasteiger partial charge in [-0.05, 0) is 38.5 Å². The first-order valence-electron chi connectivity index (χ1n) is 9.61. The molecule has 7 nitrogen and oxygen atoms in total. The minimum absolute atomic E-state index is 0.193. The summed E-state index contributed by atoms with van der Waals surface area (Å²) >= 11 is 0. The van der Waals surface area contributed by atoms with Gasteiger partial charge in [0, 0.05) is 24.8 Å². The molecule has 7 heteroatoms. The maximum absolute atomic E-state index is 13.3. The molecule has 0 unspecified atom stereocenters. The first kappa shape index (κ1) is 22.9. The average Bonchev–Trinajstić information content (AvgIpc) is 2.97. The number of Topliss-reactive ketones (excluding diaryl/α,β-unsaturated/α-hetero) is 1. The SMILES string of the molecule is C=CCN(C(=O)COc1ccccc1)[C@H](C)C(=O)c1c(C)c(C(=O)OC)n(C)c1C. The predicted molar refractivity (Wildman–Crippen MR) is 114 cm³/mol. The minimum Gasteiger partial charge on any atom is -0.484 e. The number of carbonyl (C=O) groups is 3. The van der Waals surface area contributed by atoms with Crippen molar-refractivity contribution < 1.29 is 23.9 Å². The molecule has 0 aliphatic heterocycles. The molecule has 1 heterocycles. The number of amides is 1. The molecule has 0 spiro atoms. The third-order valence-electron chi connectivity index (χ3n) is 5.15. The van der Waals surface area contributed by atoms with Gasteiger partial charge in [-0.15, -0.1) is 6.58 Å². The summed E-state index contributed by atoms with van der Waals surface area (Å²) in [4.78, 5) is 39.7. The van der Waals surface area contributed by atoms with Crippen molar-refractivity contribution in [3.8, 4) is 5.75 Å². The molecule has 0 bridgehead atoms. The molecule has 0 saturated carbocycles. The van der Waals surface area contributed by atoms with Crippen molar-refractivity contribution in [2.75, 3.05) is 20.3 Å². The van der Waals surface area contributed by atoms with Crippen LogP contribution in [0, 0.1) is 13.8 Å². The van der Waals surface area contributed by atoms with Crippen LogP contribution in [-0.2, 0) is 16.6 Å². The average molecular weight is 412 g/mol.